The average Bonchev–Trinajstić information content (AvgIpc) is 2.05. The summed E-state index contributed by atoms with van der Waals surface area (Å²) in [7, 11) is 0. The highest BCUT2D eigenvalue weighted by atomic mass is 16.2. The molecule has 2 heterocycles. The highest BCUT2D eigenvalue weighted by Crippen LogP contribution is 2.18. The number of hydrogen-bond donors (Lipinski definition) is 1. The Morgan fingerprint density at radius 1 is 1.43 bits per heavy atom. The van der Waals surface area contributed by atoms with Gasteiger partial charge in [-0.25, -0.2) is 0 Å². The zero-order valence-corrected chi connectivity index (χ0v) is 8.99. The minimum atomic E-state index is 0.268. The highest BCUT2D eigenvalue weighted by molar-refractivity contribution is 5.79. The summed E-state index contributed by atoms with van der Waals surface area (Å²) in [5.74, 6) is 0.268. The Morgan fingerprint density at radius 2 is 2.14 bits per heavy atom. The fourth-order valence-electron chi connectivity index (χ4n) is 2.11. The lowest BCUT2D eigenvalue weighted by atomic mass is 10.0. The molecule has 0 aromatic heterocycles. The first-order chi connectivity index (χ1) is 6.68. The summed E-state index contributed by atoms with van der Waals surface area (Å²) in [6, 6.07) is 1.09. The number of hydrogen-bond acceptors (Lipinski definition) is 3. The van der Waals surface area contributed by atoms with Gasteiger partial charge in [-0.3, -0.25) is 9.69 Å². The van der Waals surface area contributed by atoms with Crippen molar-refractivity contribution >= 4 is 5.91 Å². The van der Waals surface area contributed by atoms with Crippen molar-refractivity contribution in [3.05, 3.63) is 0 Å². The molecule has 0 spiro atoms. The topological polar surface area (TPSA) is 35.6 Å². The molecule has 4 heteroatoms. The smallest absolute Gasteiger partial charge is 0.236 e. The van der Waals surface area contributed by atoms with Gasteiger partial charge in [0.2, 0.25) is 5.91 Å². The van der Waals surface area contributed by atoms with Gasteiger partial charge < -0.3 is 10.2 Å². The van der Waals surface area contributed by atoms with Crippen LogP contribution < -0.4 is 5.32 Å². The second-order valence-corrected chi connectivity index (χ2v) is 4.47. The minimum absolute atomic E-state index is 0.268. The van der Waals surface area contributed by atoms with Crippen molar-refractivity contribution in [1.82, 2.24) is 15.1 Å². The molecular weight excluding hydrogens is 178 g/mol. The molecule has 0 aliphatic carbocycles. The molecule has 14 heavy (non-hydrogen) atoms. The van der Waals surface area contributed by atoms with Crippen LogP contribution >= 0.6 is 0 Å². The molecule has 1 N–H and O–H groups in total. The largest absolute Gasteiger partial charge is 0.335 e. The Bertz CT molecular complexity index is 223. The second kappa shape index (κ2) is 3.87. The molecular formula is C10H19N3O. The van der Waals surface area contributed by atoms with Crippen LogP contribution in [0.5, 0.6) is 0 Å². The standard InChI is InChI=1S/C10H19N3O/c1-8(2)12-6-9(7-12)13-4-3-11-5-10(13)14/h8-9,11H,3-7H2,1-2H3. The summed E-state index contributed by atoms with van der Waals surface area (Å²) in [5, 5.41) is 3.10. The van der Waals surface area contributed by atoms with E-state index < -0.39 is 0 Å². The summed E-state index contributed by atoms with van der Waals surface area (Å²) in [4.78, 5) is 16.0. The summed E-state index contributed by atoms with van der Waals surface area (Å²) in [5.41, 5.74) is 0. The summed E-state index contributed by atoms with van der Waals surface area (Å²) >= 11 is 0. The third-order valence-corrected chi connectivity index (χ3v) is 3.19. The SMILES string of the molecule is CC(C)N1CC(N2CCNCC2=O)C1. The van der Waals surface area contributed by atoms with E-state index in [1.54, 1.807) is 0 Å². The van der Waals surface area contributed by atoms with Crippen LogP contribution in [0.4, 0.5) is 0 Å². The zero-order chi connectivity index (χ0) is 10.1. The lowest BCUT2D eigenvalue weighted by Gasteiger charge is -2.48. The van der Waals surface area contributed by atoms with Crippen LogP contribution in [0.2, 0.25) is 0 Å². The maximum atomic E-state index is 11.5. The molecule has 0 saturated carbocycles. The molecule has 2 rings (SSSR count). The van der Waals surface area contributed by atoms with Crippen LogP contribution in [0.3, 0.4) is 0 Å². The van der Waals surface area contributed by atoms with Gasteiger partial charge in [0.05, 0.1) is 12.6 Å². The van der Waals surface area contributed by atoms with Crippen molar-refractivity contribution in [2.75, 3.05) is 32.7 Å². The van der Waals surface area contributed by atoms with E-state index in [-0.39, 0.29) is 5.91 Å². The predicted molar refractivity (Wildman–Crippen MR) is 55.1 cm³/mol. The van der Waals surface area contributed by atoms with Gasteiger partial charge in [-0.1, -0.05) is 0 Å². The van der Waals surface area contributed by atoms with Gasteiger partial charge in [-0.15, -0.1) is 0 Å². The molecule has 0 aromatic rings. The first-order valence-corrected chi connectivity index (χ1v) is 5.42. The fraction of sp³-hybridized carbons (Fsp3) is 0.900. The summed E-state index contributed by atoms with van der Waals surface area (Å²) < 4.78 is 0. The Balaban J connectivity index is 1.83. The van der Waals surface area contributed by atoms with Gasteiger partial charge in [0, 0.05) is 32.2 Å². The van der Waals surface area contributed by atoms with E-state index in [2.05, 4.69) is 24.1 Å². The molecule has 2 aliphatic heterocycles. The van der Waals surface area contributed by atoms with Gasteiger partial charge in [0.1, 0.15) is 0 Å². The third kappa shape index (κ3) is 1.77. The normalized spacial score (nSPS) is 25.6. The van der Waals surface area contributed by atoms with Gasteiger partial charge in [0.25, 0.3) is 0 Å². The zero-order valence-electron chi connectivity index (χ0n) is 8.99. The first kappa shape index (κ1) is 9.93. The maximum Gasteiger partial charge on any atom is 0.236 e. The monoisotopic (exact) mass is 197 g/mol. The summed E-state index contributed by atoms with van der Waals surface area (Å²) in [6.45, 7) is 8.88. The lowest BCUT2D eigenvalue weighted by Crippen LogP contribution is -2.65. The van der Waals surface area contributed by atoms with Gasteiger partial charge >= 0.3 is 0 Å². The third-order valence-electron chi connectivity index (χ3n) is 3.19. The van der Waals surface area contributed by atoms with Crippen LogP contribution in [-0.2, 0) is 4.79 Å². The number of carbonyl (C=O) groups is 1. The molecule has 0 bridgehead atoms. The molecule has 0 unspecified atom stereocenters. The molecule has 2 saturated heterocycles. The first-order valence-electron chi connectivity index (χ1n) is 5.42. The maximum absolute atomic E-state index is 11.5. The van der Waals surface area contributed by atoms with Crippen LogP contribution in [0, 0.1) is 0 Å². The molecule has 80 valence electrons. The average molecular weight is 197 g/mol. The van der Waals surface area contributed by atoms with Crippen molar-refractivity contribution in [3.63, 3.8) is 0 Å². The van der Waals surface area contributed by atoms with Crippen LogP contribution in [0.25, 0.3) is 0 Å². The van der Waals surface area contributed by atoms with Crippen LogP contribution in [0.15, 0.2) is 0 Å². The van der Waals surface area contributed by atoms with E-state index in [1.807, 2.05) is 4.90 Å². The van der Waals surface area contributed by atoms with E-state index in [0.29, 0.717) is 18.6 Å². The van der Waals surface area contributed by atoms with E-state index in [0.717, 1.165) is 26.2 Å². The number of amides is 1. The molecule has 4 nitrogen and oxygen atoms in total. The van der Waals surface area contributed by atoms with Gasteiger partial charge in [-0.05, 0) is 13.8 Å². The van der Waals surface area contributed by atoms with E-state index >= 15 is 0 Å². The van der Waals surface area contributed by atoms with E-state index in [1.165, 1.54) is 0 Å². The van der Waals surface area contributed by atoms with Crippen LogP contribution in [-0.4, -0.2) is 60.5 Å². The minimum Gasteiger partial charge on any atom is -0.335 e. The molecule has 1 amide bonds. The number of likely N-dealkylation sites (tertiary alicyclic amines) is 1. The van der Waals surface area contributed by atoms with Crippen molar-refractivity contribution in [1.29, 1.82) is 0 Å². The van der Waals surface area contributed by atoms with Crippen molar-refractivity contribution in [2.24, 2.45) is 0 Å². The van der Waals surface area contributed by atoms with Gasteiger partial charge in [-0.2, -0.15) is 0 Å². The fourth-order valence-corrected chi connectivity index (χ4v) is 2.11. The number of nitrogens with one attached hydrogen (secondary N) is 1. The Hall–Kier alpha value is -0.610. The highest BCUT2D eigenvalue weighted by Gasteiger charge is 2.35. The van der Waals surface area contributed by atoms with Crippen LogP contribution in [0.1, 0.15) is 13.8 Å². The Kier molecular flexibility index (Phi) is 2.74. The van der Waals surface area contributed by atoms with Gasteiger partial charge in [0.15, 0.2) is 0 Å². The van der Waals surface area contributed by atoms with E-state index in [4.69, 9.17) is 0 Å². The molecule has 0 atom stereocenters. The predicted octanol–water partition coefficient (Wildman–Crippen LogP) is -0.489. The molecule has 2 aliphatic rings. The second-order valence-electron chi connectivity index (χ2n) is 4.47. The Morgan fingerprint density at radius 3 is 2.71 bits per heavy atom. The molecule has 0 aromatic carbocycles. The quantitative estimate of drug-likeness (QED) is 0.649. The number of rotatable bonds is 2. The molecule has 2 fully saturated rings. The molecule has 0 radical (unpaired) electrons. The number of piperazine rings is 1. The number of nitrogens with zero attached hydrogens (tertiary/aromatic N) is 2. The van der Waals surface area contributed by atoms with Crippen molar-refractivity contribution < 1.29 is 4.79 Å². The van der Waals surface area contributed by atoms with Crippen molar-refractivity contribution in [3.8, 4) is 0 Å². The Labute approximate surface area is 85.2 Å². The number of carbonyl (C=O) groups excluding carboxylic acids is 1. The van der Waals surface area contributed by atoms with Crippen molar-refractivity contribution in [2.45, 2.75) is 25.9 Å². The lowest BCUT2D eigenvalue weighted by molar-refractivity contribution is -0.138. The summed E-state index contributed by atoms with van der Waals surface area (Å²) in [6.07, 6.45) is 0. The van der Waals surface area contributed by atoms with E-state index in [9.17, 15) is 4.79 Å².